The maximum Gasteiger partial charge on any atom is 0.255 e. The molecule has 3 aromatic carbocycles. The Balaban J connectivity index is 1.55. The number of benzene rings is 3. The number of amides is 1. The van der Waals surface area contributed by atoms with Crippen molar-refractivity contribution in [3.05, 3.63) is 98.2 Å². The molecule has 2 heterocycles. The van der Waals surface area contributed by atoms with E-state index < -0.39 is 6.04 Å². The minimum absolute atomic E-state index is 0.166. The smallest absolute Gasteiger partial charge is 0.255 e. The fourth-order valence-corrected chi connectivity index (χ4v) is 6.16. The number of carbonyl (C=O) groups is 1. The number of anilines is 2. The normalized spacial score (nSPS) is 14.2. The molecule has 0 saturated carbocycles. The molecular formula is C33H35Cl2N5O3S. The number of rotatable bonds is 11. The molecule has 1 aromatic heterocycles. The van der Waals surface area contributed by atoms with Crippen molar-refractivity contribution in [3.63, 3.8) is 0 Å². The molecule has 230 valence electrons. The second-order valence-electron chi connectivity index (χ2n) is 10.4. The Bertz CT molecular complexity index is 1700. The zero-order valence-corrected chi connectivity index (χ0v) is 27.7. The lowest BCUT2D eigenvalue weighted by molar-refractivity contribution is -0.113. The summed E-state index contributed by atoms with van der Waals surface area (Å²) in [5.74, 6) is 2.28. The van der Waals surface area contributed by atoms with Gasteiger partial charge >= 0.3 is 0 Å². The number of hydrogen-bond acceptors (Lipinski definition) is 7. The molecule has 0 fully saturated rings. The lowest BCUT2D eigenvalue weighted by atomic mass is 9.94. The maximum absolute atomic E-state index is 14.1. The zero-order chi connectivity index (χ0) is 31.4. The number of hydrogen-bond donors (Lipinski definition) is 2. The molecule has 44 heavy (non-hydrogen) atoms. The second-order valence-corrected chi connectivity index (χ2v) is 12.3. The summed E-state index contributed by atoms with van der Waals surface area (Å²) in [6.07, 6.45) is 0.991. The van der Waals surface area contributed by atoms with Gasteiger partial charge in [0.2, 0.25) is 11.1 Å². The number of aryl methyl sites for hydroxylation is 1. The molecular weight excluding hydrogens is 617 g/mol. The standard InChI is InChI=1S/C33H35Cl2N5O3S/c1-6-16-44-33-38-32-36-21(5)29(31(41)37-26-13-8-10-19(3)20(26)4)30(40(32)39-33)22-14-15-27(28(17-22)42-7-2)43-18-23-24(34)11-9-12-25(23)35/h8-15,17,30H,6-7,16,18H2,1-5H3,(H,37,41)(H,36,38,39). The van der Waals surface area contributed by atoms with Crippen LogP contribution in [0, 0.1) is 13.8 Å². The van der Waals surface area contributed by atoms with E-state index in [0.717, 1.165) is 34.6 Å². The molecule has 1 aliphatic heterocycles. The van der Waals surface area contributed by atoms with Crippen LogP contribution in [0.2, 0.25) is 10.0 Å². The topological polar surface area (TPSA) is 90.3 Å². The molecule has 8 nitrogen and oxygen atoms in total. The van der Waals surface area contributed by atoms with Gasteiger partial charge in [-0.1, -0.05) is 66.2 Å². The van der Waals surface area contributed by atoms with Crippen molar-refractivity contribution >= 4 is 52.5 Å². The van der Waals surface area contributed by atoms with E-state index >= 15 is 0 Å². The molecule has 1 unspecified atom stereocenters. The predicted molar refractivity (Wildman–Crippen MR) is 178 cm³/mol. The van der Waals surface area contributed by atoms with E-state index in [1.165, 1.54) is 0 Å². The number of halogens is 2. The van der Waals surface area contributed by atoms with Crippen LogP contribution in [0.5, 0.6) is 11.5 Å². The summed E-state index contributed by atoms with van der Waals surface area (Å²) in [5, 5.41) is 13.0. The van der Waals surface area contributed by atoms with Gasteiger partial charge in [0.15, 0.2) is 11.5 Å². The first-order chi connectivity index (χ1) is 21.2. The van der Waals surface area contributed by atoms with Crippen molar-refractivity contribution in [1.82, 2.24) is 14.8 Å². The van der Waals surface area contributed by atoms with Gasteiger partial charge in [-0.15, -0.1) is 5.10 Å². The first-order valence-electron chi connectivity index (χ1n) is 14.5. The number of thioether (sulfide) groups is 1. The van der Waals surface area contributed by atoms with E-state index in [1.54, 1.807) is 34.6 Å². The summed E-state index contributed by atoms with van der Waals surface area (Å²) in [4.78, 5) is 18.8. The van der Waals surface area contributed by atoms with Gasteiger partial charge in [0.05, 0.1) is 12.2 Å². The third kappa shape index (κ3) is 6.70. The highest BCUT2D eigenvalue weighted by Crippen LogP contribution is 2.40. The molecule has 1 aliphatic rings. The summed E-state index contributed by atoms with van der Waals surface area (Å²) in [7, 11) is 0. The van der Waals surface area contributed by atoms with Crippen molar-refractivity contribution < 1.29 is 14.3 Å². The average molecular weight is 653 g/mol. The predicted octanol–water partition coefficient (Wildman–Crippen LogP) is 8.61. The Morgan fingerprint density at radius 3 is 2.50 bits per heavy atom. The van der Waals surface area contributed by atoms with Crippen molar-refractivity contribution in [3.8, 4) is 11.5 Å². The summed E-state index contributed by atoms with van der Waals surface area (Å²) >= 11 is 14.3. The number of fused-ring (bicyclic) bond motifs is 1. The van der Waals surface area contributed by atoms with E-state index in [4.69, 9.17) is 42.8 Å². The van der Waals surface area contributed by atoms with Crippen LogP contribution >= 0.6 is 35.0 Å². The minimum atomic E-state index is -0.578. The highest BCUT2D eigenvalue weighted by atomic mass is 35.5. The van der Waals surface area contributed by atoms with Crippen LogP contribution in [-0.4, -0.2) is 33.0 Å². The van der Waals surface area contributed by atoms with Crippen molar-refractivity contribution in [2.24, 2.45) is 0 Å². The van der Waals surface area contributed by atoms with Crippen LogP contribution < -0.4 is 20.1 Å². The molecule has 0 bridgehead atoms. The molecule has 5 rings (SSSR count). The van der Waals surface area contributed by atoms with Gasteiger partial charge in [0.25, 0.3) is 5.91 Å². The number of allylic oxidation sites excluding steroid dienone is 1. The van der Waals surface area contributed by atoms with Gasteiger partial charge < -0.3 is 20.1 Å². The third-order valence-electron chi connectivity index (χ3n) is 7.38. The Morgan fingerprint density at radius 2 is 1.77 bits per heavy atom. The Morgan fingerprint density at radius 1 is 1.02 bits per heavy atom. The Kier molecular flexibility index (Phi) is 10.1. The van der Waals surface area contributed by atoms with Gasteiger partial charge in [0, 0.05) is 32.7 Å². The largest absolute Gasteiger partial charge is 0.490 e. The SMILES string of the molecule is CCCSc1nc2n(n1)C(c1ccc(OCc3c(Cl)cccc3Cl)c(OCC)c1)C(C(=O)Nc1cccc(C)c1C)=C(C)N2. The van der Waals surface area contributed by atoms with Crippen molar-refractivity contribution in [1.29, 1.82) is 0 Å². The fraction of sp³-hybridized carbons (Fsp3) is 0.303. The Hall–Kier alpha value is -3.66. The number of ether oxygens (including phenoxy) is 2. The zero-order valence-electron chi connectivity index (χ0n) is 25.3. The molecule has 1 amide bonds. The molecule has 0 aliphatic carbocycles. The summed E-state index contributed by atoms with van der Waals surface area (Å²) in [5.41, 5.74) is 5.56. The number of carbonyl (C=O) groups excluding carboxylic acids is 1. The fourth-order valence-electron chi connectivity index (χ4n) is 4.97. The van der Waals surface area contributed by atoms with Gasteiger partial charge in [-0.3, -0.25) is 4.79 Å². The molecule has 0 spiro atoms. The number of nitrogens with one attached hydrogen (secondary N) is 2. The van der Waals surface area contributed by atoms with E-state index in [2.05, 4.69) is 17.6 Å². The molecule has 2 N–H and O–H groups in total. The lowest BCUT2D eigenvalue weighted by Gasteiger charge is -2.29. The van der Waals surface area contributed by atoms with Crippen molar-refractivity contribution in [2.75, 3.05) is 23.0 Å². The number of aromatic nitrogens is 3. The van der Waals surface area contributed by atoms with Crippen molar-refractivity contribution in [2.45, 2.75) is 58.8 Å². The first kappa shape index (κ1) is 31.8. The Labute approximate surface area is 272 Å². The number of nitrogens with zero attached hydrogens (tertiary/aromatic N) is 3. The van der Waals surface area contributed by atoms with E-state index in [1.807, 2.05) is 64.1 Å². The highest BCUT2D eigenvalue weighted by Gasteiger charge is 2.35. The van der Waals surface area contributed by atoms with Crippen LogP contribution in [0.25, 0.3) is 0 Å². The van der Waals surface area contributed by atoms with Crippen LogP contribution in [0.4, 0.5) is 11.6 Å². The highest BCUT2D eigenvalue weighted by molar-refractivity contribution is 7.99. The van der Waals surface area contributed by atoms with Crippen LogP contribution in [0.1, 0.15) is 55.5 Å². The molecule has 4 aromatic rings. The van der Waals surface area contributed by atoms with Gasteiger partial charge in [-0.2, -0.15) is 4.98 Å². The molecule has 11 heteroatoms. The maximum atomic E-state index is 14.1. The quantitative estimate of drug-likeness (QED) is 0.157. The van der Waals surface area contributed by atoms with Gasteiger partial charge in [-0.25, -0.2) is 4.68 Å². The molecule has 1 atom stereocenters. The molecule has 0 saturated heterocycles. The van der Waals surface area contributed by atoms with Crippen LogP contribution in [-0.2, 0) is 11.4 Å². The summed E-state index contributed by atoms with van der Waals surface area (Å²) in [6, 6.07) is 16.3. The van der Waals surface area contributed by atoms with Crippen LogP contribution in [0.3, 0.4) is 0 Å². The van der Waals surface area contributed by atoms with E-state index in [9.17, 15) is 4.79 Å². The van der Waals surface area contributed by atoms with Gasteiger partial charge in [-0.05, 0) is 81.1 Å². The van der Waals surface area contributed by atoms with Crippen LogP contribution in [0.15, 0.2) is 71.0 Å². The first-order valence-corrected chi connectivity index (χ1v) is 16.2. The monoisotopic (exact) mass is 651 g/mol. The second kappa shape index (κ2) is 14.0. The minimum Gasteiger partial charge on any atom is -0.490 e. The van der Waals surface area contributed by atoms with Gasteiger partial charge in [0.1, 0.15) is 12.6 Å². The average Bonchev–Trinajstić information content (AvgIpc) is 3.40. The summed E-state index contributed by atoms with van der Waals surface area (Å²) in [6.45, 7) is 10.5. The molecule has 0 radical (unpaired) electrons. The summed E-state index contributed by atoms with van der Waals surface area (Å²) < 4.78 is 14.0. The third-order valence-corrected chi connectivity index (χ3v) is 9.13. The van der Waals surface area contributed by atoms with E-state index in [-0.39, 0.29) is 12.5 Å². The van der Waals surface area contributed by atoms with E-state index in [0.29, 0.717) is 56.1 Å². The lowest BCUT2D eigenvalue weighted by Crippen LogP contribution is -2.31.